The first-order valence-electron chi connectivity index (χ1n) is 5.86. The fourth-order valence-corrected chi connectivity index (χ4v) is 3.60. The third-order valence-corrected chi connectivity index (χ3v) is 5.03. The van der Waals surface area contributed by atoms with E-state index >= 15 is 0 Å². The molecule has 0 aromatic heterocycles. The van der Waals surface area contributed by atoms with E-state index < -0.39 is 0 Å². The SMILES string of the molecule is NNC(Cc1ccc(Br)cc1Cl)c1cc(Br)ccc1Br. The average Bonchev–Trinajstić information content (AvgIpc) is 2.41. The molecule has 0 aliphatic rings. The highest BCUT2D eigenvalue weighted by atomic mass is 79.9. The van der Waals surface area contributed by atoms with Crippen LogP contribution < -0.4 is 11.3 Å². The fraction of sp³-hybridized carbons (Fsp3) is 0.143. The van der Waals surface area contributed by atoms with Crippen LogP contribution in [0.15, 0.2) is 49.8 Å². The lowest BCUT2D eigenvalue weighted by Gasteiger charge is -2.19. The Bertz CT molecular complexity index is 619. The van der Waals surface area contributed by atoms with E-state index in [-0.39, 0.29) is 6.04 Å². The summed E-state index contributed by atoms with van der Waals surface area (Å²) in [5, 5.41) is 0.728. The Morgan fingerprint density at radius 2 is 1.70 bits per heavy atom. The Balaban J connectivity index is 2.31. The molecule has 0 fully saturated rings. The minimum absolute atomic E-state index is 0.0273. The zero-order valence-corrected chi connectivity index (χ0v) is 15.9. The largest absolute Gasteiger partial charge is 0.271 e. The van der Waals surface area contributed by atoms with Crippen molar-refractivity contribution in [3.05, 3.63) is 66.0 Å². The van der Waals surface area contributed by atoms with E-state index in [4.69, 9.17) is 17.4 Å². The normalized spacial score (nSPS) is 12.4. The zero-order chi connectivity index (χ0) is 14.7. The summed E-state index contributed by atoms with van der Waals surface area (Å²) < 4.78 is 2.99. The van der Waals surface area contributed by atoms with Crippen LogP contribution in [0.3, 0.4) is 0 Å². The molecule has 0 spiro atoms. The average molecular weight is 483 g/mol. The summed E-state index contributed by atoms with van der Waals surface area (Å²) in [5.74, 6) is 5.71. The van der Waals surface area contributed by atoms with Crippen LogP contribution in [0.2, 0.25) is 5.02 Å². The number of nitrogens with one attached hydrogen (secondary N) is 1. The summed E-state index contributed by atoms with van der Waals surface area (Å²) in [4.78, 5) is 0. The van der Waals surface area contributed by atoms with Gasteiger partial charge in [-0.05, 0) is 47.9 Å². The summed E-state index contributed by atoms with van der Waals surface area (Å²) >= 11 is 16.7. The van der Waals surface area contributed by atoms with Gasteiger partial charge in [-0.1, -0.05) is 65.5 Å². The van der Waals surface area contributed by atoms with Crippen LogP contribution in [0.4, 0.5) is 0 Å². The van der Waals surface area contributed by atoms with Gasteiger partial charge in [-0.25, -0.2) is 0 Å². The molecule has 1 atom stereocenters. The molecule has 2 nitrogen and oxygen atoms in total. The lowest BCUT2D eigenvalue weighted by molar-refractivity contribution is 0.550. The molecular weight excluding hydrogens is 471 g/mol. The highest BCUT2D eigenvalue weighted by Gasteiger charge is 2.16. The second kappa shape index (κ2) is 7.38. The molecule has 0 bridgehead atoms. The summed E-state index contributed by atoms with van der Waals surface area (Å²) in [5.41, 5.74) is 4.99. The van der Waals surface area contributed by atoms with E-state index in [0.717, 1.165) is 29.6 Å². The third kappa shape index (κ3) is 4.06. The fourth-order valence-electron chi connectivity index (χ4n) is 1.95. The van der Waals surface area contributed by atoms with Gasteiger partial charge >= 0.3 is 0 Å². The molecule has 6 heteroatoms. The number of hydrazine groups is 1. The quantitative estimate of drug-likeness (QED) is 0.453. The van der Waals surface area contributed by atoms with Crippen LogP contribution >= 0.6 is 59.4 Å². The van der Waals surface area contributed by atoms with Crippen LogP contribution in [-0.2, 0) is 6.42 Å². The Hall–Kier alpha value is 0.0900. The number of rotatable bonds is 4. The van der Waals surface area contributed by atoms with E-state index in [1.54, 1.807) is 0 Å². The van der Waals surface area contributed by atoms with Crippen molar-refractivity contribution < 1.29 is 0 Å². The second-order valence-corrected chi connectivity index (χ2v) is 7.42. The first-order chi connectivity index (χ1) is 9.51. The topological polar surface area (TPSA) is 38.0 Å². The zero-order valence-electron chi connectivity index (χ0n) is 10.3. The van der Waals surface area contributed by atoms with Crippen molar-refractivity contribution in [3.8, 4) is 0 Å². The number of nitrogens with two attached hydrogens (primary N) is 1. The molecule has 0 amide bonds. The standard InChI is InChI=1S/C14H12Br3ClN2/c15-9-3-4-12(17)11(6-9)14(20-19)5-8-1-2-10(16)7-13(8)18/h1-4,6-7,14,20H,5,19H2. The van der Waals surface area contributed by atoms with E-state index in [1.165, 1.54) is 0 Å². The first kappa shape index (κ1) is 16.5. The minimum Gasteiger partial charge on any atom is -0.271 e. The van der Waals surface area contributed by atoms with Crippen molar-refractivity contribution in [1.82, 2.24) is 5.43 Å². The first-order valence-corrected chi connectivity index (χ1v) is 8.62. The Labute approximate surface area is 148 Å². The minimum atomic E-state index is -0.0273. The van der Waals surface area contributed by atoms with Crippen molar-refractivity contribution in [1.29, 1.82) is 0 Å². The smallest absolute Gasteiger partial charge is 0.0512 e. The van der Waals surface area contributed by atoms with Crippen LogP contribution in [0.5, 0.6) is 0 Å². The van der Waals surface area contributed by atoms with Crippen LogP contribution in [0, 0.1) is 0 Å². The van der Waals surface area contributed by atoms with Gasteiger partial charge in [0, 0.05) is 18.4 Å². The molecule has 2 aromatic rings. The van der Waals surface area contributed by atoms with Gasteiger partial charge in [0.05, 0.1) is 6.04 Å². The highest BCUT2D eigenvalue weighted by Crippen LogP contribution is 2.31. The van der Waals surface area contributed by atoms with Gasteiger partial charge in [-0.3, -0.25) is 11.3 Å². The Morgan fingerprint density at radius 1 is 1.05 bits per heavy atom. The van der Waals surface area contributed by atoms with Gasteiger partial charge in [0.25, 0.3) is 0 Å². The lowest BCUT2D eigenvalue weighted by atomic mass is 9.99. The number of hydrogen-bond acceptors (Lipinski definition) is 2. The Kier molecular flexibility index (Phi) is 6.08. The summed E-state index contributed by atoms with van der Waals surface area (Å²) in [6.07, 6.45) is 0.706. The third-order valence-electron chi connectivity index (χ3n) is 2.97. The van der Waals surface area contributed by atoms with Crippen molar-refractivity contribution in [2.45, 2.75) is 12.5 Å². The maximum absolute atomic E-state index is 6.27. The summed E-state index contributed by atoms with van der Waals surface area (Å²) in [6, 6.07) is 11.9. The molecule has 0 aliphatic heterocycles. The van der Waals surface area contributed by atoms with Crippen molar-refractivity contribution in [2.75, 3.05) is 0 Å². The van der Waals surface area contributed by atoms with Gasteiger partial charge in [-0.15, -0.1) is 0 Å². The maximum atomic E-state index is 6.27. The van der Waals surface area contributed by atoms with Crippen LogP contribution in [0.1, 0.15) is 17.2 Å². The summed E-state index contributed by atoms with van der Waals surface area (Å²) in [6.45, 7) is 0. The second-order valence-electron chi connectivity index (χ2n) is 4.32. The van der Waals surface area contributed by atoms with E-state index in [2.05, 4.69) is 53.2 Å². The van der Waals surface area contributed by atoms with E-state index in [9.17, 15) is 0 Å². The molecule has 2 aromatic carbocycles. The van der Waals surface area contributed by atoms with E-state index in [0.29, 0.717) is 6.42 Å². The van der Waals surface area contributed by atoms with Gasteiger partial charge < -0.3 is 0 Å². The van der Waals surface area contributed by atoms with Crippen LogP contribution in [0.25, 0.3) is 0 Å². The lowest BCUT2D eigenvalue weighted by Crippen LogP contribution is -2.30. The molecule has 20 heavy (non-hydrogen) atoms. The molecule has 0 saturated carbocycles. The van der Waals surface area contributed by atoms with E-state index in [1.807, 2.05) is 36.4 Å². The molecule has 0 radical (unpaired) electrons. The molecule has 1 unspecified atom stereocenters. The van der Waals surface area contributed by atoms with Crippen molar-refractivity contribution in [3.63, 3.8) is 0 Å². The molecule has 0 saturated heterocycles. The monoisotopic (exact) mass is 480 g/mol. The number of halogens is 4. The summed E-state index contributed by atoms with van der Waals surface area (Å²) in [7, 11) is 0. The molecule has 2 rings (SSSR count). The van der Waals surface area contributed by atoms with Gasteiger partial charge in [-0.2, -0.15) is 0 Å². The van der Waals surface area contributed by atoms with Gasteiger partial charge in [0.2, 0.25) is 0 Å². The molecule has 106 valence electrons. The predicted octanol–water partition coefficient (Wildman–Crippen LogP) is 5.37. The maximum Gasteiger partial charge on any atom is 0.0512 e. The molecular formula is C14H12Br3ClN2. The van der Waals surface area contributed by atoms with Crippen LogP contribution in [-0.4, -0.2) is 0 Å². The van der Waals surface area contributed by atoms with Gasteiger partial charge in [0.1, 0.15) is 0 Å². The highest BCUT2D eigenvalue weighted by molar-refractivity contribution is 9.11. The Morgan fingerprint density at radius 3 is 2.35 bits per heavy atom. The van der Waals surface area contributed by atoms with Gasteiger partial charge in [0.15, 0.2) is 0 Å². The van der Waals surface area contributed by atoms with Crippen molar-refractivity contribution >= 4 is 59.4 Å². The van der Waals surface area contributed by atoms with Crippen molar-refractivity contribution in [2.24, 2.45) is 5.84 Å². The number of benzene rings is 2. The number of hydrogen-bond donors (Lipinski definition) is 2. The predicted molar refractivity (Wildman–Crippen MR) is 94.8 cm³/mol. The molecule has 3 N–H and O–H groups in total. The molecule has 0 heterocycles. The molecule has 0 aliphatic carbocycles.